The Hall–Kier alpha value is -2.37. The van der Waals surface area contributed by atoms with E-state index in [9.17, 15) is 0 Å². The lowest BCUT2D eigenvalue weighted by atomic mass is 10.1. The number of nitrogens with zero attached hydrogens (tertiary/aromatic N) is 2. The van der Waals surface area contributed by atoms with Crippen molar-refractivity contribution >= 4 is 0 Å². The van der Waals surface area contributed by atoms with Gasteiger partial charge in [0.15, 0.2) is 0 Å². The third-order valence-corrected chi connectivity index (χ3v) is 3.05. The van der Waals surface area contributed by atoms with Crippen LogP contribution in [-0.4, -0.2) is 11.4 Å². The van der Waals surface area contributed by atoms with Gasteiger partial charge in [0, 0.05) is 25.7 Å². The molecular formula is C18H18N2. The van der Waals surface area contributed by atoms with Crippen molar-refractivity contribution < 1.29 is 0 Å². The van der Waals surface area contributed by atoms with Crippen molar-refractivity contribution in [1.29, 1.82) is 5.26 Å². The zero-order valence-electron chi connectivity index (χ0n) is 11.4. The molecule has 2 aromatic carbocycles. The quantitative estimate of drug-likeness (QED) is 0.741. The Morgan fingerprint density at radius 2 is 1.35 bits per heavy atom. The Bertz CT molecular complexity index is 526. The van der Waals surface area contributed by atoms with Gasteiger partial charge in [0.05, 0.1) is 6.07 Å². The molecule has 2 heteroatoms. The second-order valence-corrected chi connectivity index (χ2v) is 4.67. The molecule has 0 aliphatic rings. The van der Waals surface area contributed by atoms with Gasteiger partial charge in [0.2, 0.25) is 0 Å². The SMILES string of the molecule is N#CC=CCN(Cc1ccccc1)Cc1ccccc1. The summed E-state index contributed by atoms with van der Waals surface area (Å²) in [6, 6.07) is 22.9. The van der Waals surface area contributed by atoms with E-state index >= 15 is 0 Å². The summed E-state index contributed by atoms with van der Waals surface area (Å²) in [6.07, 6.45) is 3.45. The molecule has 0 saturated carbocycles. The molecule has 0 bridgehead atoms. The maximum atomic E-state index is 8.60. The molecule has 0 heterocycles. The molecule has 2 nitrogen and oxygen atoms in total. The van der Waals surface area contributed by atoms with Gasteiger partial charge in [-0.15, -0.1) is 0 Å². The second-order valence-electron chi connectivity index (χ2n) is 4.67. The average molecular weight is 262 g/mol. The molecular weight excluding hydrogens is 244 g/mol. The lowest BCUT2D eigenvalue weighted by molar-refractivity contribution is 0.286. The summed E-state index contributed by atoms with van der Waals surface area (Å²) in [4.78, 5) is 2.32. The Kier molecular flexibility index (Phi) is 5.57. The number of rotatable bonds is 6. The van der Waals surface area contributed by atoms with Gasteiger partial charge in [-0.2, -0.15) is 5.26 Å². The van der Waals surface area contributed by atoms with Crippen LogP contribution < -0.4 is 0 Å². The first-order valence-electron chi connectivity index (χ1n) is 6.73. The van der Waals surface area contributed by atoms with Crippen LogP contribution in [0.15, 0.2) is 72.8 Å². The van der Waals surface area contributed by atoms with Crippen molar-refractivity contribution in [1.82, 2.24) is 4.90 Å². The predicted octanol–water partition coefficient (Wildman–Crippen LogP) is 3.77. The van der Waals surface area contributed by atoms with Crippen LogP contribution in [0.1, 0.15) is 11.1 Å². The van der Waals surface area contributed by atoms with Gasteiger partial charge in [-0.3, -0.25) is 4.90 Å². The van der Waals surface area contributed by atoms with Crippen molar-refractivity contribution in [2.75, 3.05) is 6.54 Å². The first-order chi connectivity index (χ1) is 9.88. The first-order valence-corrected chi connectivity index (χ1v) is 6.73. The minimum atomic E-state index is 0.775. The van der Waals surface area contributed by atoms with Crippen LogP contribution in [0.5, 0.6) is 0 Å². The van der Waals surface area contributed by atoms with Gasteiger partial charge >= 0.3 is 0 Å². The highest BCUT2D eigenvalue weighted by atomic mass is 15.1. The Morgan fingerprint density at radius 1 is 0.850 bits per heavy atom. The van der Waals surface area contributed by atoms with Gasteiger partial charge in [0.1, 0.15) is 0 Å². The summed E-state index contributed by atoms with van der Waals surface area (Å²) in [5, 5.41) is 8.60. The van der Waals surface area contributed by atoms with E-state index < -0.39 is 0 Å². The van der Waals surface area contributed by atoms with Crippen LogP contribution in [0, 0.1) is 11.3 Å². The highest BCUT2D eigenvalue weighted by Crippen LogP contribution is 2.09. The summed E-state index contributed by atoms with van der Waals surface area (Å²) < 4.78 is 0. The van der Waals surface area contributed by atoms with Gasteiger partial charge < -0.3 is 0 Å². The molecule has 0 fully saturated rings. The minimum absolute atomic E-state index is 0.775. The van der Waals surface area contributed by atoms with Crippen molar-refractivity contribution in [3.63, 3.8) is 0 Å². The predicted molar refractivity (Wildman–Crippen MR) is 81.8 cm³/mol. The van der Waals surface area contributed by atoms with E-state index in [0.29, 0.717) is 0 Å². The largest absolute Gasteiger partial charge is 0.291 e. The van der Waals surface area contributed by atoms with E-state index in [4.69, 9.17) is 5.26 Å². The van der Waals surface area contributed by atoms with E-state index in [1.807, 2.05) is 24.3 Å². The van der Waals surface area contributed by atoms with Crippen molar-refractivity contribution in [3.8, 4) is 6.07 Å². The van der Waals surface area contributed by atoms with Crippen LogP contribution in [0.3, 0.4) is 0 Å². The van der Waals surface area contributed by atoms with Gasteiger partial charge in [-0.1, -0.05) is 66.7 Å². The van der Waals surface area contributed by atoms with E-state index in [1.54, 1.807) is 6.08 Å². The molecule has 0 radical (unpaired) electrons. The van der Waals surface area contributed by atoms with E-state index in [2.05, 4.69) is 53.4 Å². The maximum absolute atomic E-state index is 8.60. The molecule has 0 unspecified atom stereocenters. The molecule has 0 saturated heterocycles. The molecule has 20 heavy (non-hydrogen) atoms. The van der Waals surface area contributed by atoms with Crippen molar-refractivity contribution in [2.24, 2.45) is 0 Å². The van der Waals surface area contributed by atoms with Gasteiger partial charge in [0.25, 0.3) is 0 Å². The fourth-order valence-electron chi connectivity index (χ4n) is 2.12. The third-order valence-electron chi connectivity index (χ3n) is 3.05. The van der Waals surface area contributed by atoms with Crippen LogP contribution in [0.2, 0.25) is 0 Å². The average Bonchev–Trinajstić information content (AvgIpc) is 2.49. The molecule has 2 aromatic rings. The summed E-state index contributed by atoms with van der Waals surface area (Å²) in [7, 11) is 0. The minimum Gasteiger partial charge on any atom is -0.291 e. The zero-order valence-corrected chi connectivity index (χ0v) is 11.4. The maximum Gasteiger partial charge on any atom is 0.0909 e. The number of nitriles is 1. The highest BCUT2D eigenvalue weighted by molar-refractivity contribution is 5.17. The Labute approximate surface area is 120 Å². The lowest BCUT2D eigenvalue weighted by Gasteiger charge is -2.21. The molecule has 0 aliphatic carbocycles. The Balaban J connectivity index is 2.04. The summed E-state index contributed by atoms with van der Waals surface area (Å²) in [5.41, 5.74) is 2.57. The van der Waals surface area contributed by atoms with Crippen LogP contribution in [0.4, 0.5) is 0 Å². The monoisotopic (exact) mass is 262 g/mol. The summed E-state index contributed by atoms with van der Waals surface area (Å²) in [5.74, 6) is 0. The van der Waals surface area contributed by atoms with Crippen LogP contribution >= 0.6 is 0 Å². The topological polar surface area (TPSA) is 27.0 Å². The molecule has 100 valence electrons. The van der Waals surface area contributed by atoms with Crippen LogP contribution in [0.25, 0.3) is 0 Å². The van der Waals surface area contributed by atoms with Crippen LogP contribution in [-0.2, 0) is 13.1 Å². The third kappa shape index (κ3) is 4.72. The molecule has 2 rings (SSSR count). The molecule has 0 spiro atoms. The summed E-state index contributed by atoms with van der Waals surface area (Å²) >= 11 is 0. The fourth-order valence-corrected chi connectivity index (χ4v) is 2.12. The standard InChI is InChI=1S/C18H18N2/c19-13-7-8-14-20(15-17-9-3-1-4-10-17)16-18-11-5-2-6-12-18/h1-12H,14-16H2. The molecule has 0 atom stereocenters. The number of hydrogen-bond donors (Lipinski definition) is 0. The molecule has 0 aromatic heterocycles. The van der Waals surface area contributed by atoms with Crippen molar-refractivity contribution in [3.05, 3.63) is 83.9 Å². The fraction of sp³-hybridized carbons (Fsp3) is 0.167. The number of benzene rings is 2. The summed E-state index contributed by atoms with van der Waals surface area (Å²) in [6.45, 7) is 2.54. The molecule has 0 N–H and O–H groups in total. The lowest BCUT2D eigenvalue weighted by Crippen LogP contribution is -2.22. The highest BCUT2D eigenvalue weighted by Gasteiger charge is 2.05. The second kappa shape index (κ2) is 7.93. The van der Waals surface area contributed by atoms with E-state index in [0.717, 1.165) is 19.6 Å². The molecule has 0 aliphatic heterocycles. The molecule has 0 amide bonds. The van der Waals surface area contributed by atoms with Gasteiger partial charge in [-0.25, -0.2) is 0 Å². The smallest absolute Gasteiger partial charge is 0.0909 e. The Morgan fingerprint density at radius 3 is 1.80 bits per heavy atom. The number of allylic oxidation sites excluding steroid dienone is 1. The zero-order chi connectivity index (χ0) is 14.0. The van der Waals surface area contributed by atoms with Crippen molar-refractivity contribution in [2.45, 2.75) is 13.1 Å². The van der Waals surface area contributed by atoms with Gasteiger partial charge in [-0.05, 0) is 11.1 Å². The normalized spacial score (nSPS) is 10.8. The van der Waals surface area contributed by atoms with E-state index in [1.165, 1.54) is 11.1 Å². The van der Waals surface area contributed by atoms with E-state index in [-0.39, 0.29) is 0 Å². The first kappa shape index (κ1) is 14.0. The number of hydrogen-bond acceptors (Lipinski definition) is 2.